The van der Waals surface area contributed by atoms with Crippen LogP contribution in [0.25, 0.3) is 0 Å². The molecule has 3 aliphatic rings. The number of piperidine rings is 1. The molecular formula is C34H40FN3O2. The van der Waals surface area contributed by atoms with Crippen LogP contribution in [0.4, 0.5) is 15.8 Å². The first kappa shape index (κ1) is 27.0. The van der Waals surface area contributed by atoms with Crippen molar-refractivity contribution in [2.45, 2.75) is 33.2 Å². The van der Waals surface area contributed by atoms with Crippen molar-refractivity contribution in [2.75, 3.05) is 55.7 Å². The monoisotopic (exact) mass is 541 g/mol. The third kappa shape index (κ3) is 5.65. The van der Waals surface area contributed by atoms with E-state index in [1.54, 1.807) is 6.07 Å². The van der Waals surface area contributed by atoms with Crippen LogP contribution in [0.3, 0.4) is 0 Å². The second kappa shape index (κ2) is 11.7. The van der Waals surface area contributed by atoms with Crippen molar-refractivity contribution >= 4 is 17.3 Å². The second-order valence-electron chi connectivity index (χ2n) is 11.6. The highest BCUT2D eigenvalue weighted by Crippen LogP contribution is 2.52. The second-order valence-corrected chi connectivity index (χ2v) is 11.6. The van der Waals surface area contributed by atoms with Gasteiger partial charge >= 0.3 is 0 Å². The Hall–Kier alpha value is -3.22. The lowest BCUT2D eigenvalue weighted by Gasteiger charge is -2.30. The highest BCUT2D eigenvalue weighted by Gasteiger charge is 2.56. The highest BCUT2D eigenvalue weighted by molar-refractivity contribution is 6.06. The first-order chi connectivity index (χ1) is 19.5. The summed E-state index contributed by atoms with van der Waals surface area (Å²) >= 11 is 0. The Balaban J connectivity index is 1.17. The molecule has 0 spiro atoms. The fraction of sp³-hybridized carbons (Fsp3) is 0.441. The van der Waals surface area contributed by atoms with Crippen molar-refractivity contribution in [1.29, 1.82) is 0 Å². The van der Waals surface area contributed by atoms with Crippen LogP contribution in [0.1, 0.15) is 40.9 Å². The van der Waals surface area contributed by atoms with Gasteiger partial charge in [-0.25, -0.2) is 4.39 Å². The molecule has 2 saturated heterocycles. The van der Waals surface area contributed by atoms with Crippen LogP contribution < -0.4 is 9.80 Å². The van der Waals surface area contributed by atoms with Crippen LogP contribution >= 0.6 is 0 Å². The maximum atomic E-state index is 15.4. The van der Waals surface area contributed by atoms with Crippen LogP contribution in [-0.4, -0.2) is 56.7 Å². The molecule has 0 aromatic heterocycles. The third-order valence-corrected chi connectivity index (χ3v) is 9.13. The smallest absolute Gasteiger partial charge is 0.258 e. The molecule has 6 rings (SSSR count). The van der Waals surface area contributed by atoms with Gasteiger partial charge in [0.15, 0.2) is 0 Å². The number of likely N-dealkylation sites (tertiary alicyclic amines) is 1. The molecule has 2 aliphatic heterocycles. The zero-order chi connectivity index (χ0) is 27.6. The van der Waals surface area contributed by atoms with Gasteiger partial charge in [0.25, 0.3) is 5.91 Å². The molecule has 2 unspecified atom stereocenters. The number of amides is 1. The van der Waals surface area contributed by atoms with Crippen LogP contribution in [0.15, 0.2) is 66.7 Å². The van der Waals surface area contributed by atoms with Crippen LogP contribution in [0.2, 0.25) is 0 Å². The fourth-order valence-corrected chi connectivity index (χ4v) is 6.55. The molecule has 0 bridgehead atoms. The lowest BCUT2D eigenvalue weighted by molar-refractivity contribution is 0.0984. The molecule has 40 heavy (non-hydrogen) atoms. The number of anilines is 2. The van der Waals surface area contributed by atoms with Gasteiger partial charge in [-0.3, -0.25) is 9.69 Å². The number of fused-ring (bicyclic) bond motifs is 1. The van der Waals surface area contributed by atoms with Crippen LogP contribution in [0.5, 0.6) is 0 Å². The van der Waals surface area contributed by atoms with Crippen molar-refractivity contribution in [3.8, 4) is 0 Å². The van der Waals surface area contributed by atoms with E-state index in [1.807, 2.05) is 46.2 Å². The Bertz CT molecular complexity index is 1310. The maximum Gasteiger partial charge on any atom is 0.258 e. The molecule has 6 heteroatoms. The molecule has 3 fully saturated rings. The van der Waals surface area contributed by atoms with Crippen molar-refractivity contribution in [1.82, 2.24) is 4.90 Å². The van der Waals surface area contributed by atoms with E-state index in [4.69, 9.17) is 4.74 Å². The number of carbonyl (C=O) groups excluding carboxylic acids is 1. The minimum Gasteiger partial charge on any atom is -0.378 e. The molecule has 3 aromatic rings. The lowest BCUT2D eigenvalue weighted by atomic mass is 10.1. The summed E-state index contributed by atoms with van der Waals surface area (Å²) in [7, 11) is 0. The number of morpholine rings is 1. The highest BCUT2D eigenvalue weighted by atomic mass is 19.1. The third-order valence-electron chi connectivity index (χ3n) is 9.13. The Kier molecular flexibility index (Phi) is 7.90. The van der Waals surface area contributed by atoms with Crippen LogP contribution in [0, 0.1) is 23.6 Å². The minimum atomic E-state index is -0.283. The zero-order valence-corrected chi connectivity index (χ0v) is 23.7. The van der Waals surface area contributed by atoms with E-state index < -0.39 is 0 Å². The number of rotatable bonds is 9. The summed E-state index contributed by atoms with van der Waals surface area (Å²) in [6, 6.07) is 22.1. The average Bonchev–Trinajstić information content (AvgIpc) is 3.44. The fourth-order valence-electron chi connectivity index (χ4n) is 6.55. The van der Waals surface area contributed by atoms with E-state index in [9.17, 15) is 4.79 Å². The molecule has 0 N–H and O–H groups in total. The number of halogens is 1. The Morgan fingerprint density at radius 2 is 1.48 bits per heavy atom. The molecule has 3 aromatic carbocycles. The number of hydrogen-bond donors (Lipinski definition) is 0. The lowest BCUT2D eigenvalue weighted by Crippen LogP contribution is -2.37. The Morgan fingerprint density at radius 1 is 0.875 bits per heavy atom. The van der Waals surface area contributed by atoms with Crippen molar-refractivity contribution < 1.29 is 13.9 Å². The van der Waals surface area contributed by atoms with Gasteiger partial charge < -0.3 is 14.5 Å². The SMILES string of the molecule is CCc1ccc(CN2CC3C(C2)C3CN(C(=O)c2ccc(CC)cc2)c2ccc(N3CCOCC3)c(F)c2)cc1. The molecular weight excluding hydrogens is 501 g/mol. The Labute approximate surface area is 237 Å². The van der Waals surface area contributed by atoms with Crippen molar-refractivity contribution in [3.63, 3.8) is 0 Å². The molecule has 1 saturated carbocycles. The number of hydrogen-bond acceptors (Lipinski definition) is 4. The molecule has 1 aliphatic carbocycles. The van der Waals surface area contributed by atoms with Gasteiger partial charge in [-0.15, -0.1) is 0 Å². The van der Waals surface area contributed by atoms with E-state index in [0.717, 1.165) is 32.5 Å². The van der Waals surface area contributed by atoms with Crippen molar-refractivity contribution in [3.05, 3.63) is 94.8 Å². The maximum absolute atomic E-state index is 15.4. The van der Waals surface area contributed by atoms with E-state index in [-0.39, 0.29) is 11.7 Å². The minimum absolute atomic E-state index is 0.0565. The topological polar surface area (TPSA) is 36.0 Å². The van der Waals surface area contributed by atoms with Gasteiger partial charge in [-0.1, -0.05) is 50.2 Å². The van der Waals surface area contributed by atoms with Gasteiger partial charge in [0.2, 0.25) is 0 Å². The van der Waals surface area contributed by atoms with Gasteiger partial charge in [0.05, 0.1) is 18.9 Å². The van der Waals surface area contributed by atoms with Crippen molar-refractivity contribution in [2.24, 2.45) is 17.8 Å². The van der Waals surface area contributed by atoms with Gasteiger partial charge in [-0.05, 0) is 77.6 Å². The van der Waals surface area contributed by atoms with Gasteiger partial charge in [0.1, 0.15) is 5.82 Å². The van der Waals surface area contributed by atoms with Crippen LogP contribution in [-0.2, 0) is 24.1 Å². The zero-order valence-electron chi connectivity index (χ0n) is 23.7. The summed E-state index contributed by atoms with van der Waals surface area (Å²) in [5, 5.41) is 0. The summed E-state index contributed by atoms with van der Waals surface area (Å²) < 4.78 is 20.9. The van der Waals surface area contributed by atoms with Gasteiger partial charge in [0, 0.05) is 50.5 Å². The summed E-state index contributed by atoms with van der Waals surface area (Å²) in [5.41, 5.74) is 5.80. The first-order valence-corrected chi connectivity index (χ1v) is 14.9. The van der Waals surface area contributed by atoms with E-state index in [1.165, 1.54) is 16.7 Å². The summed E-state index contributed by atoms with van der Waals surface area (Å²) in [4.78, 5) is 20.2. The largest absolute Gasteiger partial charge is 0.378 e. The molecule has 210 valence electrons. The average molecular weight is 542 g/mol. The molecule has 1 amide bonds. The number of carbonyl (C=O) groups is 1. The molecule has 5 nitrogen and oxygen atoms in total. The molecule has 0 radical (unpaired) electrons. The van der Waals surface area contributed by atoms with E-state index in [2.05, 4.69) is 43.0 Å². The first-order valence-electron chi connectivity index (χ1n) is 14.9. The Morgan fingerprint density at radius 3 is 2.08 bits per heavy atom. The van der Waals surface area contributed by atoms with Gasteiger partial charge in [-0.2, -0.15) is 0 Å². The predicted octanol–water partition coefficient (Wildman–Crippen LogP) is 5.81. The molecule has 2 atom stereocenters. The number of aryl methyl sites for hydroxylation is 2. The number of nitrogens with zero attached hydrogens (tertiary/aromatic N) is 3. The van der Waals surface area contributed by atoms with E-state index in [0.29, 0.717) is 67.5 Å². The van der Waals surface area contributed by atoms with E-state index >= 15 is 4.39 Å². The predicted molar refractivity (Wildman–Crippen MR) is 158 cm³/mol. The quantitative estimate of drug-likeness (QED) is 0.343. The standard InChI is InChI=1S/C34H40FN3O2/c1-3-24-5-7-26(8-6-24)20-36-21-29-30(22-36)31(29)23-38(34(39)27-11-9-25(4-2)10-12-27)28-13-14-33(32(35)19-28)37-15-17-40-18-16-37/h5-14,19,29-31H,3-4,15-18,20-23H2,1-2H3. The molecule has 2 heterocycles. The summed E-state index contributed by atoms with van der Waals surface area (Å²) in [6.07, 6.45) is 1.99. The summed E-state index contributed by atoms with van der Waals surface area (Å²) in [5.74, 6) is 1.28. The summed E-state index contributed by atoms with van der Waals surface area (Å²) in [6.45, 7) is 10.6. The number of ether oxygens (including phenoxy) is 1. The normalized spacial score (nSPS) is 22.3. The number of benzene rings is 3.